The number of carbonyl (C=O) groups is 1. The number of ether oxygens (including phenoxy) is 1. The summed E-state index contributed by atoms with van der Waals surface area (Å²) in [4.78, 5) is 34.5. The highest BCUT2D eigenvalue weighted by molar-refractivity contribution is 5.96. The van der Waals surface area contributed by atoms with Crippen LogP contribution in [0, 0.1) is 21.7 Å². The van der Waals surface area contributed by atoms with E-state index >= 15 is 0 Å². The predicted molar refractivity (Wildman–Crippen MR) is 111 cm³/mol. The Bertz CT molecular complexity index is 1130. The molecule has 2 aromatic heterocycles. The number of esters is 1. The Morgan fingerprint density at radius 2 is 1.91 bits per heavy atom. The molecular formula is C20H18F2N6O4. The third-order valence-electron chi connectivity index (χ3n) is 4.14. The first-order valence-electron chi connectivity index (χ1n) is 9.46. The highest BCUT2D eigenvalue weighted by atomic mass is 19.1. The fraction of sp³-hybridized carbons (Fsp3) is 0.200. The van der Waals surface area contributed by atoms with Crippen LogP contribution >= 0.6 is 0 Å². The van der Waals surface area contributed by atoms with Crippen LogP contribution < -0.4 is 10.6 Å². The minimum Gasteiger partial charge on any atom is -0.462 e. The molecule has 0 saturated heterocycles. The van der Waals surface area contributed by atoms with E-state index in [1.807, 2.05) is 0 Å². The summed E-state index contributed by atoms with van der Waals surface area (Å²) >= 11 is 0. The van der Waals surface area contributed by atoms with E-state index in [0.29, 0.717) is 25.0 Å². The van der Waals surface area contributed by atoms with Crippen molar-refractivity contribution >= 4 is 23.4 Å². The van der Waals surface area contributed by atoms with Gasteiger partial charge in [0.05, 0.1) is 17.2 Å². The largest absolute Gasteiger partial charge is 0.462 e. The van der Waals surface area contributed by atoms with E-state index in [2.05, 4.69) is 25.6 Å². The zero-order chi connectivity index (χ0) is 23.1. The number of hydrogen-bond donors (Lipinski definition) is 2. The number of nitro groups is 1. The third-order valence-corrected chi connectivity index (χ3v) is 4.14. The van der Waals surface area contributed by atoms with Crippen LogP contribution in [0.4, 0.5) is 26.2 Å². The average molecular weight is 444 g/mol. The van der Waals surface area contributed by atoms with Gasteiger partial charge in [-0.1, -0.05) is 0 Å². The zero-order valence-electron chi connectivity index (χ0n) is 16.8. The first kappa shape index (κ1) is 22.5. The topological polar surface area (TPSA) is 132 Å². The maximum atomic E-state index is 14.3. The summed E-state index contributed by atoms with van der Waals surface area (Å²) in [6.07, 6.45) is 2.34. The van der Waals surface area contributed by atoms with Gasteiger partial charge >= 0.3 is 5.97 Å². The van der Waals surface area contributed by atoms with E-state index in [0.717, 1.165) is 12.3 Å². The second kappa shape index (κ2) is 10.2. The fourth-order valence-electron chi connectivity index (χ4n) is 2.68. The summed E-state index contributed by atoms with van der Waals surface area (Å²) in [6.45, 7) is 2.39. The Balaban J connectivity index is 1.73. The highest BCUT2D eigenvalue weighted by Gasteiger charge is 2.20. The van der Waals surface area contributed by atoms with Gasteiger partial charge in [-0.2, -0.15) is 0 Å². The van der Waals surface area contributed by atoms with Gasteiger partial charge in [0.15, 0.2) is 0 Å². The molecule has 3 aromatic rings. The lowest BCUT2D eigenvalue weighted by Gasteiger charge is -2.12. The standard InChI is InChI=1S/C20H18F2N6O4/c1-2-32-19(29)15-11-26-20(27-18(15)14-5-3-12(21)9-16(14)22)24-8-7-23-17-6-4-13(10-25-17)28(30)31/h3-6,9-11H,2,7-8H2,1H3,(H,23,25)(H,24,26,27). The lowest BCUT2D eigenvalue weighted by molar-refractivity contribution is -0.385. The smallest absolute Gasteiger partial charge is 0.341 e. The second-order valence-corrected chi connectivity index (χ2v) is 6.31. The number of pyridine rings is 1. The fourth-order valence-corrected chi connectivity index (χ4v) is 2.68. The number of carbonyl (C=O) groups excluding carboxylic acids is 1. The van der Waals surface area contributed by atoms with E-state index in [-0.39, 0.29) is 35.1 Å². The summed E-state index contributed by atoms with van der Waals surface area (Å²) in [5, 5.41) is 16.5. The molecule has 32 heavy (non-hydrogen) atoms. The molecule has 0 spiro atoms. The van der Waals surface area contributed by atoms with Crippen molar-refractivity contribution in [3.8, 4) is 11.3 Å². The van der Waals surface area contributed by atoms with Crippen LogP contribution in [0.5, 0.6) is 0 Å². The van der Waals surface area contributed by atoms with Gasteiger partial charge in [0, 0.05) is 37.0 Å². The van der Waals surface area contributed by atoms with Crippen LogP contribution in [-0.4, -0.2) is 45.5 Å². The lowest BCUT2D eigenvalue weighted by Crippen LogP contribution is -2.17. The van der Waals surface area contributed by atoms with Gasteiger partial charge in [-0.25, -0.2) is 28.5 Å². The zero-order valence-corrected chi connectivity index (χ0v) is 16.8. The van der Waals surface area contributed by atoms with E-state index in [9.17, 15) is 23.7 Å². The van der Waals surface area contributed by atoms with Crippen molar-refractivity contribution in [2.75, 3.05) is 30.3 Å². The molecule has 0 bridgehead atoms. The van der Waals surface area contributed by atoms with E-state index in [1.165, 1.54) is 24.4 Å². The average Bonchev–Trinajstić information content (AvgIpc) is 2.77. The Morgan fingerprint density at radius 3 is 2.56 bits per heavy atom. The van der Waals surface area contributed by atoms with Crippen molar-refractivity contribution in [2.24, 2.45) is 0 Å². The number of benzene rings is 1. The Labute approximate surface area is 180 Å². The normalized spacial score (nSPS) is 10.5. The Kier molecular flexibility index (Phi) is 7.16. The van der Waals surface area contributed by atoms with Crippen molar-refractivity contribution in [3.63, 3.8) is 0 Å². The van der Waals surface area contributed by atoms with Gasteiger partial charge in [0.2, 0.25) is 5.95 Å². The van der Waals surface area contributed by atoms with Crippen LogP contribution in [0.1, 0.15) is 17.3 Å². The molecule has 2 N–H and O–H groups in total. The Hall–Kier alpha value is -4.22. The number of rotatable bonds is 9. The molecule has 0 aliphatic carbocycles. The minimum absolute atomic E-state index is 0.0385. The van der Waals surface area contributed by atoms with Gasteiger partial charge in [-0.15, -0.1) is 0 Å². The van der Waals surface area contributed by atoms with Gasteiger partial charge < -0.3 is 15.4 Å². The molecule has 0 unspecified atom stereocenters. The number of nitrogens with one attached hydrogen (secondary N) is 2. The molecule has 10 nitrogen and oxygen atoms in total. The van der Waals surface area contributed by atoms with Crippen molar-refractivity contribution in [1.29, 1.82) is 0 Å². The molecule has 0 atom stereocenters. The van der Waals surface area contributed by atoms with E-state index in [4.69, 9.17) is 4.74 Å². The monoisotopic (exact) mass is 444 g/mol. The van der Waals surface area contributed by atoms with Gasteiger partial charge in [-0.05, 0) is 25.1 Å². The van der Waals surface area contributed by atoms with E-state index in [1.54, 1.807) is 6.92 Å². The molecule has 3 rings (SSSR count). The first-order chi connectivity index (χ1) is 15.4. The maximum absolute atomic E-state index is 14.3. The molecule has 166 valence electrons. The van der Waals surface area contributed by atoms with Crippen LogP contribution in [-0.2, 0) is 4.74 Å². The molecule has 1 aromatic carbocycles. The summed E-state index contributed by atoms with van der Waals surface area (Å²) in [5.41, 5.74) is -0.294. The summed E-state index contributed by atoms with van der Waals surface area (Å²) in [6, 6.07) is 5.73. The molecule has 0 saturated carbocycles. The molecule has 0 aliphatic rings. The number of aromatic nitrogens is 3. The second-order valence-electron chi connectivity index (χ2n) is 6.31. The summed E-state index contributed by atoms with van der Waals surface area (Å²) in [7, 11) is 0. The molecule has 0 radical (unpaired) electrons. The maximum Gasteiger partial charge on any atom is 0.341 e. The summed E-state index contributed by atoms with van der Waals surface area (Å²) in [5.74, 6) is -1.84. The minimum atomic E-state index is -0.883. The number of hydrogen-bond acceptors (Lipinski definition) is 9. The lowest BCUT2D eigenvalue weighted by atomic mass is 10.1. The SMILES string of the molecule is CCOC(=O)c1cnc(NCCNc2ccc([N+](=O)[O-])cn2)nc1-c1ccc(F)cc1F. The van der Waals surface area contributed by atoms with Crippen LogP contribution in [0.2, 0.25) is 0 Å². The molecule has 2 heterocycles. The van der Waals surface area contributed by atoms with E-state index < -0.39 is 22.5 Å². The highest BCUT2D eigenvalue weighted by Crippen LogP contribution is 2.26. The number of nitrogens with zero attached hydrogens (tertiary/aromatic N) is 4. The quantitative estimate of drug-likeness (QED) is 0.220. The predicted octanol–water partition coefficient (Wildman–Crippen LogP) is 3.43. The van der Waals surface area contributed by atoms with Crippen LogP contribution in [0.25, 0.3) is 11.3 Å². The number of halogens is 2. The number of anilines is 2. The van der Waals surface area contributed by atoms with Crippen LogP contribution in [0.3, 0.4) is 0 Å². The van der Waals surface area contributed by atoms with Gasteiger partial charge in [-0.3, -0.25) is 10.1 Å². The van der Waals surface area contributed by atoms with Crippen molar-refractivity contribution in [1.82, 2.24) is 15.0 Å². The van der Waals surface area contributed by atoms with Crippen molar-refractivity contribution in [2.45, 2.75) is 6.92 Å². The van der Waals surface area contributed by atoms with Gasteiger partial charge in [0.1, 0.15) is 29.2 Å². The van der Waals surface area contributed by atoms with Gasteiger partial charge in [0.25, 0.3) is 5.69 Å². The third kappa shape index (κ3) is 5.47. The molecule has 0 fully saturated rings. The molecule has 0 amide bonds. The van der Waals surface area contributed by atoms with Crippen molar-refractivity contribution in [3.05, 3.63) is 70.0 Å². The first-order valence-corrected chi connectivity index (χ1v) is 9.46. The summed E-state index contributed by atoms with van der Waals surface area (Å²) < 4.78 is 32.6. The van der Waals surface area contributed by atoms with Crippen molar-refractivity contribution < 1.29 is 23.2 Å². The molecule has 0 aliphatic heterocycles. The molecule has 12 heteroatoms. The molecular weight excluding hydrogens is 426 g/mol. The Morgan fingerprint density at radius 1 is 1.12 bits per heavy atom. The van der Waals surface area contributed by atoms with Crippen LogP contribution in [0.15, 0.2) is 42.7 Å².